The molecule has 1 aromatic rings. The fourth-order valence-electron chi connectivity index (χ4n) is 2.78. The van der Waals surface area contributed by atoms with Gasteiger partial charge in [0.05, 0.1) is 6.20 Å². The lowest BCUT2D eigenvalue weighted by Gasteiger charge is -2.23. The fourth-order valence-corrected chi connectivity index (χ4v) is 2.78. The second-order valence-corrected chi connectivity index (χ2v) is 4.75. The Morgan fingerprint density at radius 1 is 1.25 bits per heavy atom. The van der Waals surface area contributed by atoms with E-state index in [-0.39, 0.29) is 5.54 Å². The SMILES string of the molecule is CC1=CC2(C)C(=Nc3cccc[n+]32)C(C)=C1. The Bertz CT molecular complexity index is 564. The monoisotopic (exact) mass is 211 g/mol. The van der Waals surface area contributed by atoms with Crippen LogP contribution in [0.2, 0.25) is 0 Å². The van der Waals surface area contributed by atoms with Crippen molar-refractivity contribution in [2.45, 2.75) is 26.3 Å². The molecule has 2 heterocycles. The first-order valence-electron chi connectivity index (χ1n) is 5.60. The zero-order valence-electron chi connectivity index (χ0n) is 9.86. The van der Waals surface area contributed by atoms with Crippen LogP contribution in [-0.4, -0.2) is 5.71 Å². The molecule has 0 spiro atoms. The van der Waals surface area contributed by atoms with E-state index in [1.807, 2.05) is 6.07 Å². The lowest BCUT2D eigenvalue weighted by atomic mass is 9.84. The predicted molar refractivity (Wildman–Crippen MR) is 64.9 cm³/mol. The Morgan fingerprint density at radius 3 is 2.88 bits per heavy atom. The first kappa shape index (κ1) is 9.52. The van der Waals surface area contributed by atoms with Crippen molar-refractivity contribution < 1.29 is 4.57 Å². The Kier molecular flexibility index (Phi) is 1.73. The summed E-state index contributed by atoms with van der Waals surface area (Å²) in [5, 5.41) is 0. The van der Waals surface area contributed by atoms with Crippen molar-refractivity contribution in [1.82, 2.24) is 0 Å². The first-order valence-corrected chi connectivity index (χ1v) is 5.60. The van der Waals surface area contributed by atoms with E-state index in [4.69, 9.17) is 4.99 Å². The molecule has 2 heteroatoms. The molecule has 1 unspecified atom stereocenters. The molecule has 0 amide bonds. The van der Waals surface area contributed by atoms with Gasteiger partial charge in [-0.25, -0.2) is 4.57 Å². The summed E-state index contributed by atoms with van der Waals surface area (Å²) in [5.41, 5.74) is 3.65. The molecular formula is C14H15N2+. The maximum atomic E-state index is 4.73. The standard InChI is InChI=1S/C14H15N2/c1-10-8-11(2)13-14(3,9-10)16-7-5-4-6-12(16)15-13/h4-9H,1-3H3/q+1. The highest BCUT2D eigenvalue weighted by molar-refractivity contribution is 6.08. The molecule has 2 aliphatic rings. The van der Waals surface area contributed by atoms with Gasteiger partial charge in [-0.3, -0.25) is 0 Å². The Morgan fingerprint density at radius 2 is 2.06 bits per heavy atom. The van der Waals surface area contributed by atoms with Crippen LogP contribution >= 0.6 is 0 Å². The first-order chi connectivity index (χ1) is 7.61. The summed E-state index contributed by atoms with van der Waals surface area (Å²) in [7, 11) is 0. The van der Waals surface area contributed by atoms with Crippen LogP contribution in [0.3, 0.4) is 0 Å². The van der Waals surface area contributed by atoms with Crippen molar-refractivity contribution in [3.8, 4) is 0 Å². The number of aliphatic imine (C=N–C) groups is 1. The molecule has 1 atom stereocenters. The van der Waals surface area contributed by atoms with Crippen LogP contribution in [0.15, 0.2) is 52.7 Å². The number of allylic oxidation sites excluding steroid dienone is 4. The van der Waals surface area contributed by atoms with Crippen LogP contribution in [-0.2, 0) is 5.54 Å². The average molecular weight is 211 g/mol. The second-order valence-electron chi connectivity index (χ2n) is 4.75. The number of rotatable bonds is 0. The topological polar surface area (TPSA) is 16.2 Å². The Hall–Kier alpha value is -1.70. The van der Waals surface area contributed by atoms with Gasteiger partial charge >= 0.3 is 5.82 Å². The van der Waals surface area contributed by atoms with Crippen LogP contribution < -0.4 is 4.57 Å². The molecule has 1 aliphatic carbocycles. The smallest absolute Gasteiger partial charge is 0.214 e. The molecule has 0 fully saturated rings. The van der Waals surface area contributed by atoms with Gasteiger partial charge in [-0.2, -0.15) is 0 Å². The second kappa shape index (κ2) is 2.91. The van der Waals surface area contributed by atoms with E-state index in [1.54, 1.807) is 0 Å². The van der Waals surface area contributed by atoms with Crippen molar-refractivity contribution in [3.05, 3.63) is 47.7 Å². The third-order valence-corrected chi connectivity index (χ3v) is 3.37. The minimum Gasteiger partial charge on any atom is -0.214 e. The Labute approximate surface area is 95.6 Å². The molecule has 0 saturated heterocycles. The summed E-state index contributed by atoms with van der Waals surface area (Å²) < 4.78 is 2.24. The zero-order valence-corrected chi connectivity index (χ0v) is 9.86. The van der Waals surface area contributed by atoms with Gasteiger partial charge in [-0.1, -0.05) is 12.1 Å². The summed E-state index contributed by atoms with van der Waals surface area (Å²) in [6.45, 7) is 6.51. The number of hydrogen-bond donors (Lipinski definition) is 0. The molecule has 1 aromatic heterocycles. The van der Waals surface area contributed by atoms with E-state index in [2.05, 4.69) is 55.8 Å². The van der Waals surface area contributed by atoms with Gasteiger partial charge < -0.3 is 0 Å². The maximum absolute atomic E-state index is 4.73. The molecule has 0 bridgehead atoms. The minimum absolute atomic E-state index is 0.0977. The zero-order chi connectivity index (χ0) is 11.3. The van der Waals surface area contributed by atoms with Gasteiger partial charge in [0.1, 0.15) is 0 Å². The van der Waals surface area contributed by atoms with Crippen LogP contribution in [0.1, 0.15) is 20.8 Å². The van der Waals surface area contributed by atoms with Crippen LogP contribution in [0.4, 0.5) is 5.82 Å². The number of aromatic nitrogens is 1. The number of fused-ring (bicyclic) bond motifs is 3. The number of nitrogens with zero attached hydrogens (tertiary/aromatic N) is 2. The quantitative estimate of drug-likeness (QED) is 0.587. The van der Waals surface area contributed by atoms with Crippen molar-refractivity contribution in [1.29, 1.82) is 0 Å². The third-order valence-electron chi connectivity index (χ3n) is 3.37. The molecule has 2 nitrogen and oxygen atoms in total. The van der Waals surface area contributed by atoms with Gasteiger partial charge in [0, 0.05) is 11.6 Å². The summed E-state index contributed by atoms with van der Waals surface area (Å²) >= 11 is 0. The highest BCUT2D eigenvalue weighted by Crippen LogP contribution is 2.33. The summed E-state index contributed by atoms with van der Waals surface area (Å²) in [4.78, 5) is 4.73. The van der Waals surface area contributed by atoms with Gasteiger partial charge in [0.2, 0.25) is 5.71 Å². The largest absolute Gasteiger partial charge is 0.324 e. The van der Waals surface area contributed by atoms with Crippen molar-refractivity contribution >= 4 is 11.5 Å². The summed E-state index contributed by atoms with van der Waals surface area (Å²) in [5.74, 6) is 1.04. The average Bonchev–Trinajstić information content (AvgIpc) is 2.52. The molecule has 1 aliphatic heterocycles. The molecular weight excluding hydrogens is 196 g/mol. The van der Waals surface area contributed by atoms with Gasteiger partial charge in [-0.05, 0) is 43.5 Å². The molecule has 0 aromatic carbocycles. The van der Waals surface area contributed by atoms with Crippen LogP contribution in [0.25, 0.3) is 0 Å². The molecule has 0 saturated carbocycles. The molecule has 80 valence electrons. The van der Waals surface area contributed by atoms with E-state index >= 15 is 0 Å². The van der Waals surface area contributed by atoms with E-state index in [0.717, 1.165) is 5.82 Å². The van der Waals surface area contributed by atoms with E-state index in [1.165, 1.54) is 16.9 Å². The van der Waals surface area contributed by atoms with E-state index in [9.17, 15) is 0 Å². The summed E-state index contributed by atoms with van der Waals surface area (Å²) in [6.07, 6.45) is 6.59. The number of hydrogen-bond acceptors (Lipinski definition) is 1. The van der Waals surface area contributed by atoms with Crippen molar-refractivity contribution in [3.63, 3.8) is 0 Å². The van der Waals surface area contributed by atoms with Gasteiger partial charge in [-0.15, -0.1) is 0 Å². The van der Waals surface area contributed by atoms with E-state index in [0.29, 0.717) is 0 Å². The highest BCUT2D eigenvalue weighted by atomic mass is 15.2. The number of pyridine rings is 1. The highest BCUT2D eigenvalue weighted by Gasteiger charge is 2.47. The third kappa shape index (κ3) is 1.07. The predicted octanol–water partition coefficient (Wildman–Crippen LogP) is 2.68. The maximum Gasteiger partial charge on any atom is 0.324 e. The summed E-state index contributed by atoms with van der Waals surface area (Å²) in [6, 6.07) is 6.16. The Balaban J connectivity index is 2.30. The molecule has 16 heavy (non-hydrogen) atoms. The molecule has 3 rings (SSSR count). The lowest BCUT2D eigenvalue weighted by molar-refractivity contribution is -0.713. The normalized spacial score (nSPS) is 26.6. The molecule has 0 N–H and O–H groups in total. The van der Waals surface area contributed by atoms with Gasteiger partial charge in [0.15, 0.2) is 5.54 Å². The van der Waals surface area contributed by atoms with Crippen molar-refractivity contribution in [2.75, 3.05) is 0 Å². The van der Waals surface area contributed by atoms with Crippen LogP contribution in [0.5, 0.6) is 0 Å². The molecule has 0 radical (unpaired) electrons. The van der Waals surface area contributed by atoms with E-state index < -0.39 is 0 Å². The van der Waals surface area contributed by atoms with Gasteiger partial charge in [0.25, 0.3) is 0 Å². The lowest BCUT2D eigenvalue weighted by Crippen LogP contribution is -2.55. The minimum atomic E-state index is -0.0977. The van der Waals surface area contributed by atoms with Crippen molar-refractivity contribution in [2.24, 2.45) is 4.99 Å². The van der Waals surface area contributed by atoms with Crippen LogP contribution in [0, 0.1) is 0 Å². The fraction of sp³-hybridized carbons (Fsp3) is 0.286.